The molecule has 2 aromatic rings. The first-order valence-electron chi connectivity index (χ1n) is 9.75. The molecule has 0 atom stereocenters. The SMILES string of the molecule is Cc1c(C(=O)NC2CC(N(CC(=O)O)CC3CC3)C2)nnn1-c1ccccc1. The summed E-state index contributed by atoms with van der Waals surface area (Å²) >= 11 is 0. The first-order valence-corrected chi connectivity index (χ1v) is 9.75. The van der Waals surface area contributed by atoms with Gasteiger partial charge in [0.15, 0.2) is 5.69 Å². The molecule has 4 rings (SSSR count). The van der Waals surface area contributed by atoms with E-state index in [1.54, 1.807) is 4.68 Å². The Bertz CT molecular complexity index is 856. The van der Waals surface area contributed by atoms with Gasteiger partial charge in [0.2, 0.25) is 0 Å². The maximum atomic E-state index is 12.6. The van der Waals surface area contributed by atoms with E-state index in [4.69, 9.17) is 5.11 Å². The van der Waals surface area contributed by atoms with E-state index in [2.05, 4.69) is 20.5 Å². The molecule has 148 valence electrons. The molecule has 0 spiro atoms. The maximum Gasteiger partial charge on any atom is 0.317 e. The van der Waals surface area contributed by atoms with Crippen molar-refractivity contribution in [2.75, 3.05) is 13.1 Å². The molecule has 0 radical (unpaired) electrons. The topological polar surface area (TPSA) is 100 Å². The number of para-hydroxylation sites is 1. The van der Waals surface area contributed by atoms with E-state index >= 15 is 0 Å². The molecule has 1 heterocycles. The molecule has 8 nitrogen and oxygen atoms in total. The average molecular weight is 383 g/mol. The summed E-state index contributed by atoms with van der Waals surface area (Å²) in [4.78, 5) is 25.8. The number of nitrogens with one attached hydrogen (secondary N) is 1. The largest absolute Gasteiger partial charge is 0.480 e. The molecule has 8 heteroatoms. The number of hydrogen-bond donors (Lipinski definition) is 2. The summed E-state index contributed by atoms with van der Waals surface area (Å²) in [6.45, 7) is 2.75. The summed E-state index contributed by atoms with van der Waals surface area (Å²) in [5, 5.41) is 20.3. The van der Waals surface area contributed by atoms with Crippen LogP contribution in [0.1, 0.15) is 41.9 Å². The Morgan fingerprint density at radius 3 is 2.61 bits per heavy atom. The molecule has 2 saturated carbocycles. The number of carbonyl (C=O) groups excluding carboxylic acids is 1. The predicted molar refractivity (Wildman–Crippen MR) is 102 cm³/mol. The minimum absolute atomic E-state index is 0.0503. The Hall–Kier alpha value is -2.74. The zero-order valence-corrected chi connectivity index (χ0v) is 15.9. The lowest BCUT2D eigenvalue weighted by Gasteiger charge is -2.42. The van der Waals surface area contributed by atoms with Crippen LogP contribution in [0.5, 0.6) is 0 Å². The van der Waals surface area contributed by atoms with Crippen molar-refractivity contribution in [3.8, 4) is 5.69 Å². The van der Waals surface area contributed by atoms with E-state index < -0.39 is 5.97 Å². The van der Waals surface area contributed by atoms with E-state index in [9.17, 15) is 9.59 Å². The van der Waals surface area contributed by atoms with E-state index in [0.717, 1.165) is 25.1 Å². The highest BCUT2D eigenvalue weighted by atomic mass is 16.4. The van der Waals surface area contributed by atoms with Crippen molar-refractivity contribution in [2.24, 2.45) is 5.92 Å². The molecule has 0 bridgehead atoms. The highest BCUT2D eigenvalue weighted by Gasteiger charge is 2.38. The van der Waals surface area contributed by atoms with Gasteiger partial charge in [0.05, 0.1) is 17.9 Å². The van der Waals surface area contributed by atoms with Crippen LogP contribution in [0.2, 0.25) is 0 Å². The summed E-state index contributed by atoms with van der Waals surface area (Å²) in [5.41, 5.74) is 1.88. The number of benzene rings is 1. The van der Waals surface area contributed by atoms with Gasteiger partial charge in [-0.15, -0.1) is 5.10 Å². The number of carboxylic acid groups (broad SMARTS) is 1. The summed E-state index contributed by atoms with van der Waals surface area (Å²) in [6, 6.07) is 9.85. The molecule has 1 aromatic heterocycles. The Morgan fingerprint density at radius 1 is 1.25 bits per heavy atom. The third-order valence-electron chi connectivity index (χ3n) is 5.60. The van der Waals surface area contributed by atoms with Crippen LogP contribution in [-0.4, -0.2) is 62.0 Å². The van der Waals surface area contributed by atoms with Crippen LogP contribution < -0.4 is 5.32 Å². The number of aliphatic carboxylic acids is 1. The number of rotatable bonds is 8. The lowest BCUT2D eigenvalue weighted by atomic mass is 9.85. The Kier molecular flexibility index (Phi) is 5.13. The van der Waals surface area contributed by atoms with Gasteiger partial charge in [-0.05, 0) is 50.7 Å². The summed E-state index contributed by atoms with van der Waals surface area (Å²) in [5.74, 6) is -0.375. The highest BCUT2D eigenvalue weighted by Crippen LogP contribution is 2.33. The number of hydrogen-bond acceptors (Lipinski definition) is 5. The van der Waals surface area contributed by atoms with Crippen molar-refractivity contribution >= 4 is 11.9 Å². The molecule has 2 aliphatic carbocycles. The second kappa shape index (κ2) is 7.71. The summed E-state index contributed by atoms with van der Waals surface area (Å²) in [7, 11) is 0. The smallest absolute Gasteiger partial charge is 0.317 e. The predicted octanol–water partition coefficient (Wildman–Crippen LogP) is 1.63. The van der Waals surface area contributed by atoms with E-state index in [1.165, 1.54) is 12.8 Å². The third kappa shape index (κ3) is 4.06. The van der Waals surface area contributed by atoms with Crippen molar-refractivity contribution in [3.63, 3.8) is 0 Å². The van der Waals surface area contributed by atoms with Crippen LogP contribution in [0.3, 0.4) is 0 Å². The van der Waals surface area contributed by atoms with E-state index in [0.29, 0.717) is 17.3 Å². The van der Waals surface area contributed by atoms with Gasteiger partial charge in [0.1, 0.15) is 0 Å². The van der Waals surface area contributed by atoms with Crippen molar-refractivity contribution in [1.29, 1.82) is 0 Å². The van der Waals surface area contributed by atoms with Crippen LogP contribution in [-0.2, 0) is 4.79 Å². The molecule has 2 fully saturated rings. The lowest BCUT2D eigenvalue weighted by Crippen LogP contribution is -2.55. The fourth-order valence-electron chi connectivity index (χ4n) is 3.76. The number of aromatic nitrogens is 3. The number of carboxylic acids is 1. The monoisotopic (exact) mass is 383 g/mol. The fraction of sp³-hybridized carbons (Fsp3) is 0.500. The van der Waals surface area contributed by atoms with Gasteiger partial charge in [-0.1, -0.05) is 23.4 Å². The first-order chi connectivity index (χ1) is 13.5. The van der Waals surface area contributed by atoms with Crippen LogP contribution in [0, 0.1) is 12.8 Å². The van der Waals surface area contributed by atoms with Crippen LogP contribution >= 0.6 is 0 Å². The second-order valence-electron chi connectivity index (χ2n) is 7.83. The van der Waals surface area contributed by atoms with Gasteiger partial charge in [-0.25, -0.2) is 4.68 Å². The van der Waals surface area contributed by atoms with Crippen molar-refractivity contribution in [3.05, 3.63) is 41.7 Å². The van der Waals surface area contributed by atoms with Crippen LogP contribution in [0.4, 0.5) is 0 Å². The van der Waals surface area contributed by atoms with Crippen molar-refractivity contribution in [2.45, 2.75) is 44.7 Å². The van der Waals surface area contributed by atoms with Gasteiger partial charge in [0.25, 0.3) is 5.91 Å². The zero-order chi connectivity index (χ0) is 19.7. The van der Waals surface area contributed by atoms with Crippen LogP contribution in [0.15, 0.2) is 30.3 Å². The molecule has 0 aliphatic heterocycles. The minimum Gasteiger partial charge on any atom is -0.480 e. The molecule has 1 amide bonds. The molecule has 0 saturated heterocycles. The molecule has 2 aliphatic rings. The minimum atomic E-state index is -0.790. The van der Waals surface area contributed by atoms with Gasteiger partial charge < -0.3 is 10.4 Å². The Labute approximate surface area is 163 Å². The standard InChI is InChI=1S/C20H25N5O3/c1-13-19(22-23-25(13)16-5-3-2-4-6-16)20(28)21-15-9-17(10-15)24(12-18(26)27)11-14-7-8-14/h2-6,14-15,17H,7-12H2,1H3,(H,21,28)(H,26,27). The van der Waals surface area contributed by atoms with Crippen molar-refractivity contribution < 1.29 is 14.7 Å². The normalized spacial score (nSPS) is 21.4. The Balaban J connectivity index is 1.34. The number of nitrogens with zero attached hydrogens (tertiary/aromatic N) is 4. The molecule has 2 N–H and O–H groups in total. The quantitative estimate of drug-likeness (QED) is 0.719. The van der Waals surface area contributed by atoms with Gasteiger partial charge >= 0.3 is 5.97 Å². The molecule has 28 heavy (non-hydrogen) atoms. The summed E-state index contributed by atoms with van der Waals surface area (Å²) in [6.07, 6.45) is 3.94. The fourth-order valence-corrected chi connectivity index (χ4v) is 3.76. The van der Waals surface area contributed by atoms with Crippen LogP contribution in [0.25, 0.3) is 5.69 Å². The number of amides is 1. The van der Waals surface area contributed by atoms with Gasteiger partial charge in [-0.3, -0.25) is 14.5 Å². The van der Waals surface area contributed by atoms with E-state index in [1.807, 2.05) is 37.3 Å². The average Bonchev–Trinajstić information content (AvgIpc) is 3.36. The highest BCUT2D eigenvalue weighted by molar-refractivity contribution is 5.93. The van der Waals surface area contributed by atoms with Crippen molar-refractivity contribution in [1.82, 2.24) is 25.2 Å². The van der Waals surface area contributed by atoms with Gasteiger partial charge in [0, 0.05) is 18.6 Å². The van der Waals surface area contributed by atoms with E-state index in [-0.39, 0.29) is 24.5 Å². The molecule has 1 aromatic carbocycles. The third-order valence-corrected chi connectivity index (χ3v) is 5.60. The lowest BCUT2D eigenvalue weighted by molar-refractivity contribution is -0.139. The molecular formula is C20H25N5O3. The second-order valence-corrected chi connectivity index (χ2v) is 7.83. The first kappa shape index (κ1) is 18.6. The zero-order valence-electron chi connectivity index (χ0n) is 15.9. The molecule has 0 unspecified atom stereocenters. The van der Waals surface area contributed by atoms with Gasteiger partial charge in [-0.2, -0.15) is 0 Å². The number of carbonyl (C=O) groups is 2. The maximum absolute atomic E-state index is 12.6. The summed E-state index contributed by atoms with van der Waals surface area (Å²) < 4.78 is 1.66. The molecular weight excluding hydrogens is 358 g/mol. The Morgan fingerprint density at radius 2 is 1.96 bits per heavy atom.